The molecule has 2 aromatic heterocycles. The van der Waals surface area contributed by atoms with Crippen molar-refractivity contribution < 1.29 is 23.5 Å². The van der Waals surface area contributed by atoms with Crippen LogP contribution in [-0.2, 0) is 6.61 Å². The molecule has 0 aliphatic rings. The van der Waals surface area contributed by atoms with Gasteiger partial charge in [-0.3, -0.25) is 14.6 Å². The lowest BCUT2D eigenvalue weighted by Crippen LogP contribution is -2.27. The van der Waals surface area contributed by atoms with Crippen LogP contribution in [0.4, 0.5) is 11.4 Å². The zero-order chi connectivity index (χ0) is 27.0. The van der Waals surface area contributed by atoms with Gasteiger partial charge in [-0.1, -0.05) is 18.2 Å². The van der Waals surface area contributed by atoms with Crippen LogP contribution in [0.15, 0.2) is 102 Å². The van der Waals surface area contributed by atoms with Crippen LogP contribution in [0.25, 0.3) is 11.0 Å². The number of hydrogen-bond acceptors (Lipinski definition) is 7. The van der Waals surface area contributed by atoms with E-state index in [9.17, 15) is 9.59 Å². The number of nitrogens with one attached hydrogen (secondary N) is 2. The molecule has 0 radical (unpaired) electrons. The standard InChI is InChI=1S/C30H26N4O5/c31-25-6-1-2-7-26(25)34-29(35)20-8-11-23(12-9-20)37-16-15-33-30(36)28-17-21-10-13-24(18-27(21)39-28)38-19-22-5-3-4-14-32-22/h1-14,17-18H,15-16,19,31H2,(H,33,36)(H,34,35). The minimum Gasteiger partial charge on any atom is -0.492 e. The molecule has 196 valence electrons. The Hall–Kier alpha value is -5.31. The van der Waals surface area contributed by atoms with Gasteiger partial charge in [0.15, 0.2) is 5.76 Å². The number of furan rings is 1. The summed E-state index contributed by atoms with van der Waals surface area (Å²) in [7, 11) is 0. The first kappa shape index (κ1) is 25.3. The Morgan fingerprint density at radius 1 is 0.846 bits per heavy atom. The molecule has 0 saturated heterocycles. The van der Waals surface area contributed by atoms with E-state index < -0.39 is 0 Å². The zero-order valence-electron chi connectivity index (χ0n) is 20.9. The molecule has 9 heteroatoms. The minimum absolute atomic E-state index is 0.196. The smallest absolute Gasteiger partial charge is 0.287 e. The summed E-state index contributed by atoms with van der Waals surface area (Å²) in [5.41, 5.74) is 8.75. The first-order valence-electron chi connectivity index (χ1n) is 12.3. The molecule has 9 nitrogen and oxygen atoms in total. The molecule has 3 aromatic carbocycles. The van der Waals surface area contributed by atoms with Crippen molar-refractivity contribution in [3.05, 3.63) is 114 Å². The summed E-state index contributed by atoms with van der Waals surface area (Å²) in [6.45, 7) is 0.840. The molecule has 0 atom stereocenters. The van der Waals surface area contributed by atoms with Crippen LogP contribution in [0.5, 0.6) is 11.5 Å². The number of benzene rings is 3. The van der Waals surface area contributed by atoms with Gasteiger partial charge in [0.25, 0.3) is 11.8 Å². The van der Waals surface area contributed by atoms with Crippen molar-refractivity contribution in [3.8, 4) is 11.5 Å². The van der Waals surface area contributed by atoms with Crippen molar-refractivity contribution in [2.45, 2.75) is 6.61 Å². The lowest BCUT2D eigenvalue weighted by molar-refractivity contribution is 0.0920. The number of ether oxygens (including phenoxy) is 2. The Morgan fingerprint density at radius 3 is 2.44 bits per heavy atom. The van der Waals surface area contributed by atoms with Crippen LogP contribution in [-0.4, -0.2) is 29.9 Å². The molecule has 5 rings (SSSR count). The van der Waals surface area contributed by atoms with Gasteiger partial charge in [0.2, 0.25) is 0 Å². The summed E-state index contributed by atoms with van der Waals surface area (Å²) in [5.74, 6) is 0.765. The predicted octanol–water partition coefficient (Wildman–Crippen LogP) is 5.05. The number of amides is 2. The number of nitrogens with zero attached hydrogens (tertiary/aromatic N) is 1. The van der Waals surface area contributed by atoms with Crippen LogP contribution in [0.1, 0.15) is 26.6 Å². The lowest BCUT2D eigenvalue weighted by atomic mass is 10.2. The monoisotopic (exact) mass is 522 g/mol. The van der Waals surface area contributed by atoms with Crippen LogP contribution >= 0.6 is 0 Å². The van der Waals surface area contributed by atoms with Crippen LogP contribution < -0.4 is 25.8 Å². The van der Waals surface area contributed by atoms with Gasteiger partial charge in [-0.05, 0) is 66.7 Å². The quantitative estimate of drug-likeness (QED) is 0.173. The number of pyridine rings is 1. The number of rotatable bonds is 10. The number of para-hydroxylation sites is 2. The van der Waals surface area contributed by atoms with Gasteiger partial charge in [0.1, 0.15) is 30.3 Å². The summed E-state index contributed by atoms with van der Waals surface area (Å²) in [6.07, 6.45) is 1.71. The molecule has 2 heterocycles. The highest BCUT2D eigenvalue weighted by molar-refractivity contribution is 6.05. The fourth-order valence-corrected chi connectivity index (χ4v) is 3.78. The predicted molar refractivity (Wildman–Crippen MR) is 148 cm³/mol. The highest BCUT2D eigenvalue weighted by Crippen LogP contribution is 2.25. The summed E-state index contributed by atoms with van der Waals surface area (Å²) in [4.78, 5) is 29.2. The number of nitrogen functional groups attached to an aromatic ring is 1. The van der Waals surface area contributed by atoms with Crippen LogP contribution in [0.2, 0.25) is 0 Å². The molecule has 2 amide bonds. The molecule has 5 aromatic rings. The first-order valence-corrected chi connectivity index (χ1v) is 12.3. The van der Waals surface area contributed by atoms with E-state index in [-0.39, 0.29) is 30.7 Å². The average molecular weight is 523 g/mol. The lowest BCUT2D eigenvalue weighted by Gasteiger charge is -2.09. The van der Waals surface area contributed by atoms with Crippen molar-refractivity contribution >= 4 is 34.2 Å². The molecule has 0 bridgehead atoms. The van der Waals surface area contributed by atoms with Gasteiger partial charge in [-0.15, -0.1) is 0 Å². The number of nitrogens with two attached hydrogens (primary N) is 1. The van der Waals surface area contributed by atoms with Crippen molar-refractivity contribution in [2.75, 3.05) is 24.2 Å². The van der Waals surface area contributed by atoms with Gasteiger partial charge in [0.05, 0.1) is 23.6 Å². The van der Waals surface area contributed by atoms with E-state index in [0.717, 1.165) is 11.1 Å². The van der Waals surface area contributed by atoms with Gasteiger partial charge in [-0.2, -0.15) is 0 Å². The number of hydrogen-bond donors (Lipinski definition) is 3. The van der Waals surface area contributed by atoms with E-state index in [1.54, 1.807) is 66.9 Å². The third-order valence-corrected chi connectivity index (χ3v) is 5.81. The van der Waals surface area contributed by atoms with Crippen molar-refractivity contribution in [2.24, 2.45) is 0 Å². The molecule has 0 fully saturated rings. The molecule has 0 aliphatic carbocycles. The summed E-state index contributed by atoms with van der Waals surface area (Å²) in [5, 5.41) is 6.35. The second kappa shape index (κ2) is 11.8. The highest BCUT2D eigenvalue weighted by Gasteiger charge is 2.13. The molecule has 39 heavy (non-hydrogen) atoms. The molecular formula is C30H26N4O5. The van der Waals surface area contributed by atoms with E-state index >= 15 is 0 Å². The second-order valence-electron chi connectivity index (χ2n) is 8.59. The van der Waals surface area contributed by atoms with E-state index in [1.807, 2.05) is 30.3 Å². The molecule has 4 N–H and O–H groups in total. The van der Waals surface area contributed by atoms with Crippen molar-refractivity contribution in [1.82, 2.24) is 10.3 Å². The summed E-state index contributed by atoms with van der Waals surface area (Å²) in [6, 6.07) is 26.5. The van der Waals surface area contributed by atoms with Gasteiger partial charge < -0.3 is 30.3 Å². The number of aromatic nitrogens is 1. The van der Waals surface area contributed by atoms with E-state index in [2.05, 4.69) is 15.6 Å². The van der Waals surface area contributed by atoms with Crippen LogP contribution in [0, 0.1) is 0 Å². The molecular weight excluding hydrogens is 496 g/mol. The zero-order valence-corrected chi connectivity index (χ0v) is 20.9. The normalized spacial score (nSPS) is 10.7. The average Bonchev–Trinajstić information content (AvgIpc) is 3.40. The van der Waals surface area contributed by atoms with Crippen molar-refractivity contribution in [3.63, 3.8) is 0 Å². The molecule has 0 saturated carbocycles. The Morgan fingerprint density at radius 2 is 1.64 bits per heavy atom. The molecule has 0 aliphatic heterocycles. The van der Waals surface area contributed by atoms with E-state index in [1.165, 1.54) is 0 Å². The molecule has 0 spiro atoms. The number of carbonyl (C=O) groups excluding carboxylic acids is 2. The number of anilines is 2. The third-order valence-electron chi connectivity index (χ3n) is 5.81. The largest absolute Gasteiger partial charge is 0.492 e. The van der Waals surface area contributed by atoms with Crippen molar-refractivity contribution in [1.29, 1.82) is 0 Å². The van der Waals surface area contributed by atoms with Gasteiger partial charge >= 0.3 is 0 Å². The summed E-state index contributed by atoms with van der Waals surface area (Å²) >= 11 is 0. The Balaban J connectivity index is 1.08. The molecule has 0 unspecified atom stereocenters. The minimum atomic E-state index is -0.349. The summed E-state index contributed by atoms with van der Waals surface area (Å²) < 4.78 is 17.2. The maximum atomic E-state index is 12.6. The fourth-order valence-electron chi connectivity index (χ4n) is 3.78. The highest BCUT2D eigenvalue weighted by atomic mass is 16.5. The van der Waals surface area contributed by atoms with Gasteiger partial charge in [0, 0.05) is 23.2 Å². The maximum Gasteiger partial charge on any atom is 0.287 e. The number of fused-ring (bicyclic) bond motifs is 1. The van der Waals surface area contributed by atoms with E-state index in [4.69, 9.17) is 19.6 Å². The van der Waals surface area contributed by atoms with E-state index in [0.29, 0.717) is 40.6 Å². The Kier molecular flexibility index (Phi) is 7.68. The SMILES string of the molecule is Nc1ccccc1NC(=O)c1ccc(OCCNC(=O)c2cc3ccc(OCc4ccccn4)cc3o2)cc1. The third kappa shape index (κ3) is 6.53. The second-order valence-corrected chi connectivity index (χ2v) is 8.59. The Bertz CT molecular complexity index is 1580. The fraction of sp³-hybridized carbons (Fsp3) is 0.100. The van der Waals surface area contributed by atoms with Crippen LogP contribution in [0.3, 0.4) is 0 Å². The topological polar surface area (TPSA) is 129 Å². The first-order chi connectivity index (χ1) is 19.0. The maximum absolute atomic E-state index is 12.6. The van der Waals surface area contributed by atoms with Gasteiger partial charge in [-0.25, -0.2) is 0 Å². The number of carbonyl (C=O) groups is 2. The Labute approximate surface area is 224 Å².